The summed E-state index contributed by atoms with van der Waals surface area (Å²) in [7, 11) is 0. The minimum atomic E-state index is 0.0145. The maximum atomic E-state index is 6.66. The Morgan fingerprint density at radius 2 is 1.57 bits per heavy atom. The topological polar surface area (TPSA) is 44.9 Å². The molecule has 5 heteroatoms. The van der Waals surface area contributed by atoms with Crippen LogP contribution in [0.25, 0.3) is 33.3 Å². The van der Waals surface area contributed by atoms with Gasteiger partial charge in [-0.05, 0) is 91.0 Å². The van der Waals surface area contributed by atoms with Gasteiger partial charge in [-0.15, -0.1) is 0 Å². The summed E-state index contributed by atoms with van der Waals surface area (Å²) in [6.07, 6.45) is 6.74. The number of para-hydroxylation sites is 1. The van der Waals surface area contributed by atoms with Crippen LogP contribution in [0.3, 0.4) is 0 Å². The zero-order valence-electron chi connectivity index (χ0n) is 30.6. The molecule has 2 atom stereocenters. The predicted molar refractivity (Wildman–Crippen MR) is 204 cm³/mol. The van der Waals surface area contributed by atoms with E-state index < -0.39 is 0 Å². The van der Waals surface area contributed by atoms with Gasteiger partial charge in [0.25, 0.3) is 0 Å². The van der Waals surface area contributed by atoms with Gasteiger partial charge in [-0.25, -0.2) is 9.67 Å². The Kier molecular flexibility index (Phi) is 8.50. The number of allylic oxidation sites excluding steroid dienone is 2. The van der Waals surface area contributed by atoms with Gasteiger partial charge in [-0.2, -0.15) is 5.10 Å². The Balaban J connectivity index is 1.31. The zero-order chi connectivity index (χ0) is 34.6. The summed E-state index contributed by atoms with van der Waals surface area (Å²) in [4.78, 5) is 4.85. The summed E-state index contributed by atoms with van der Waals surface area (Å²) in [5.41, 5.74) is 9.92. The molecule has 0 N–H and O–H groups in total. The Bertz CT molecular complexity index is 2190. The van der Waals surface area contributed by atoms with Crippen molar-refractivity contribution in [1.82, 2.24) is 19.3 Å². The van der Waals surface area contributed by atoms with Crippen LogP contribution in [-0.2, 0) is 5.41 Å². The maximum Gasteiger partial charge on any atom is 0.137 e. The third kappa shape index (κ3) is 5.98. The van der Waals surface area contributed by atoms with Crippen molar-refractivity contribution in [1.29, 1.82) is 0 Å². The smallest absolute Gasteiger partial charge is 0.137 e. The van der Waals surface area contributed by atoms with Gasteiger partial charge in [-0.1, -0.05) is 91.3 Å². The van der Waals surface area contributed by atoms with Crippen molar-refractivity contribution < 1.29 is 4.74 Å². The Morgan fingerprint density at radius 1 is 0.816 bits per heavy atom. The summed E-state index contributed by atoms with van der Waals surface area (Å²) < 4.78 is 11.1. The molecule has 0 fully saturated rings. The monoisotopic (exact) mass is 650 g/mol. The Morgan fingerprint density at radius 3 is 2.31 bits per heavy atom. The SMILES string of the molecule is CC1=CCC[C@H](C)[C@@H]1c1c(C(C)C)nn(-c2cccc(Oc3ccc4c5ccccc5n(-c5cc(C(C)(C)C)ccn5)c4c3)c2)c1C(C)C. The fourth-order valence-electron chi connectivity index (χ4n) is 7.87. The highest BCUT2D eigenvalue weighted by Crippen LogP contribution is 2.45. The number of hydrogen-bond acceptors (Lipinski definition) is 3. The van der Waals surface area contributed by atoms with Crippen LogP contribution in [-0.4, -0.2) is 19.3 Å². The second-order valence-corrected chi connectivity index (χ2v) is 15.7. The summed E-state index contributed by atoms with van der Waals surface area (Å²) in [5, 5.41) is 7.72. The van der Waals surface area contributed by atoms with Gasteiger partial charge in [0.2, 0.25) is 0 Å². The van der Waals surface area contributed by atoms with Gasteiger partial charge >= 0.3 is 0 Å². The molecular formula is C44H50N4O. The normalized spacial score (nSPS) is 17.0. The van der Waals surface area contributed by atoms with Crippen LogP contribution >= 0.6 is 0 Å². The van der Waals surface area contributed by atoms with Crippen molar-refractivity contribution >= 4 is 21.8 Å². The molecule has 0 saturated carbocycles. The van der Waals surface area contributed by atoms with E-state index in [4.69, 9.17) is 14.8 Å². The van der Waals surface area contributed by atoms with Crippen LogP contribution in [0.1, 0.15) is 115 Å². The zero-order valence-corrected chi connectivity index (χ0v) is 30.6. The highest BCUT2D eigenvalue weighted by Gasteiger charge is 2.33. The van der Waals surface area contributed by atoms with E-state index in [9.17, 15) is 0 Å². The van der Waals surface area contributed by atoms with Gasteiger partial charge < -0.3 is 4.74 Å². The number of fused-ring (bicyclic) bond motifs is 3. The molecular weight excluding hydrogens is 601 g/mol. The number of rotatable bonds is 7. The predicted octanol–water partition coefficient (Wildman–Crippen LogP) is 12.2. The molecule has 0 unspecified atom stereocenters. The fraction of sp³-hybridized carbons (Fsp3) is 0.364. The molecule has 0 radical (unpaired) electrons. The lowest BCUT2D eigenvalue weighted by Gasteiger charge is -2.31. The first kappa shape index (κ1) is 32.9. The summed E-state index contributed by atoms with van der Waals surface area (Å²) in [6.45, 7) is 20.6. The van der Waals surface area contributed by atoms with E-state index in [-0.39, 0.29) is 5.41 Å². The average molecular weight is 651 g/mol. The molecule has 0 bridgehead atoms. The van der Waals surface area contributed by atoms with E-state index in [0.717, 1.165) is 40.5 Å². The quantitative estimate of drug-likeness (QED) is 0.162. The number of pyridine rings is 1. The standard InChI is InChI=1S/C44H50N4O/c1-27(2)42-41(40-29(5)14-12-15-30(40)6)43(28(3)4)48(46-42)32-16-13-17-33(25-32)49-34-20-21-36-35-18-10-11-19-37(35)47(38(36)26-34)39-24-31(22-23-45-39)44(7,8)9/h10-11,13-14,16-28,30,40H,12,15H2,1-9H3/t30-,40+/m0/s1. The second-order valence-electron chi connectivity index (χ2n) is 15.7. The minimum absolute atomic E-state index is 0.0145. The third-order valence-electron chi connectivity index (χ3n) is 10.3. The lowest BCUT2D eigenvalue weighted by Crippen LogP contribution is -2.18. The van der Waals surface area contributed by atoms with E-state index >= 15 is 0 Å². The van der Waals surface area contributed by atoms with Crippen LogP contribution in [0.4, 0.5) is 0 Å². The Hall–Kier alpha value is -4.64. The minimum Gasteiger partial charge on any atom is -0.457 e. The molecule has 0 saturated heterocycles. The van der Waals surface area contributed by atoms with Gasteiger partial charge in [0, 0.05) is 40.6 Å². The average Bonchev–Trinajstić information content (AvgIpc) is 3.61. The van der Waals surface area contributed by atoms with E-state index in [1.54, 1.807) is 0 Å². The van der Waals surface area contributed by atoms with Crippen LogP contribution in [0, 0.1) is 5.92 Å². The lowest BCUT2D eigenvalue weighted by atomic mass is 9.73. The highest BCUT2D eigenvalue weighted by molar-refractivity contribution is 6.09. The van der Waals surface area contributed by atoms with Crippen LogP contribution < -0.4 is 4.74 Å². The van der Waals surface area contributed by atoms with Gasteiger partial charge in [-0.3, -0.25) is 4.57 Å². The van der Waals surface area contributed by atoms with Gasteiger partial charge in [0.05, 0.1) is 28.1 Å². The molecule has 7 rings (SSSR count). The van der Waals surface area contributed by atoms with E-state index in [0.29, 0.717) is 23.7 Å². The number of ether oxygens (including phenoxy) is 1. The van der Waals surface area contributed by atoms with Crippen molar-refractivity contribution in [3.05, 3.63) is 119 Å². The molecule has 3 aromatic heterocycles. The molecule has 252 valence electrons. The van der Waals surface area contributed by atoms with Gasteiger partial charge in [0.1, 0.15) is 17.3 Å². The molecule has 5 nitrogen and oxygen atoms in total. The largest absolute Gasteiger partial charge is 0.457 e. The van der Waals surface area contributed by atoms with E-state index in [2.05, 4.69) is 150 Å². The molecule has 1 aliphatic rings. The van der Waals surface area contributed by atoms with Crippen molar-refractivity contribution in [3.63, 3.8) is 0 Å². The number of nitrogens with zero attached hydrogens (tertiary/aromatic N) is 4. The third-order valence-corrected chi connectivity index (χ3v) is 10.3. The van der Waals surface area contributed by atoms with Crippen LogP contribution in [0.5, 0.6) is 11.5 Å². The highest BCUT2D eigenvalue weighted by atomic mass is 16.5. The fourth-order valence-corrected chi connectivity index (χ4v) is 7.87. The lowest BCUT2D eigenvalue weighted by molar-refractivity contribution is 0.443. The molecule has 0 aliphatic heterocycles. The number of benzene rings is 3. The summed E-state index contributed by atoms with van der Waals surface area (Å²) >= 11 is 0. The Labute approximate surface area is 291 Å². The number of aromatic nitrogens is 4. The van der Waals surface area contributed by atoms with Crippen molar-refractivity contribution in [2.75, 3.05) is 0 Å². The van der Waals surface area contributed by atoms with Crippen LogP contribution in [0.2, 0.25) is 0 Å². The van der Waals surface area contributed by atoms with Crippen LogP contribution in [0.15, 0.2) is 96.7 Å². The first-order chi connectivity index (χ1) is 23.4. The first-order valence-electron chi connectivity index (χ1n) is 18.0. The van der Waals surface area contributed by atoms with Crippen molar-refractivity contribution in [3.8, 4) is 23.0 Å². The molecule has 3 aromatic carbocycles. The van der Waals surface area contributed by atoms with E-state index in [1.807, 2.05) is 12.3 Å². The molecule has 0 spiro atoms. The number of hydrogen-bond donors (Lipinski definition) is 0. The summed E-state index contributed by atoms with van der Waals surface area (Å²) in [5.74, 6) is 4.10. The molecule has 49 heavy (non-hydrogen) atoms. The van der Waals surface area contributed by atoms with Gasteiger partial charge in [0.15, 0.2) is 0 Å². The molecule has 6 aromatic rings. The maximum absolute atomic E-state index is 6.66. The molecule has 1 aliphatic carbocycles. The van der Waals surface area contributed by atoms with Crippen molar-refractivity contribution in [2.24, 2.45) is 5.92 Å². The molecule has 0 amide bonds. The second kappa shape index (κ2) is 12.7. The first-order valence-corrected chi connectivity index (χ1v) is 18.0. The molecule has 3 heterocycles. The summed E-state index contributed by atoms with van der Waals surface area (Å²) in [6, 6.07) is 27.7. The van der Waals surface area contributed by atoms with Crippen molar-refractivity contribution in [2.45, 2.75) is 98.3 Å². The van der Waals surface area contributed by atoms with E-state index in [1.165, 1.54) is 45.3 Å².